The standard InChI is InChI=1S/C19H20N4O3S/c1-13(2)22(9-8-17(24)25)19(26)16-12-27-18(21-16)14-10-20-23(11-14)15-6-4-3-5-7-15/h3-7,10-13H,8-9H2,1-2H3,(H,24,25). The van der Waals surface area contributed by atoms with E-state index in [1.807, 2.05) is 50.4 Å². The van der Waals surface area contributed by atoms with E-state index in [0.717, 1.165) is 11.3 Å². The zero-order valence-corrected chi connectivity index (χ0v) is 15.9. The molecular formula is C19H20N4O3S. The molecule has 0 aliphatic carbocycles. The van der Waals surface area contributed by atoms with Gasteiger partial charge in [-0.2, -0.15) is 5.10 Å². The lowest BCUT2D eigenvalue weighted by molar-refractivity contribution is -0.137. The Morgan fingerprint density at radius 1 is 1.26 bits per heavy atom. The number of carboxylic acid groups (broad SMARTS) is 1. The Balaban J connectivity index is 1.79. The number of amides is 1. The van der Waals surface area contributed by atoms with E-state index >= 15 is 0 Å². The molecule has 0 saturated carbocycles. The molecule has 0 unspecified atom stereocenters. The smallest absolute Gasteiger partial charge is 0.305 e. The molecule has 0 bridgehead atoms. The lowest BCUT2D eigenvalue weighted by Gasteiger charge is -2.25. The molecule has 8 heteroatoms. The molecule has 0 fully saturated rings. The number of carbonyl (C=O) groups is 2. The average Bonchev–Trinajstić information content (AvgIpc) is 3.31. The summed E-state index contributed by atoms with van der Waals surface area (Å²) in [5.74, 6) is -1.19. The topological polar surface area (TPSA) is 88.3 Å². The van der Waals surface area contributed by atoms with Crippen LogP contribution in [0.3, 0.4) is 0 Å². The summed E-state index contributed by atoms with van der Waals surface area (Å²) in [4.78, 5) is 29.5. The minimum absolute atomic E-state index is 0.0925. The maximum absolute atomic E-state index is 12.7. The fourth-order valence-electron chi connectivity index (χ4n) is 2.62. The molecule has 2 aromatic heterocycles. The van der Waals surface area contributed by atoms with Crippen molar-refractivity contribution in [2.75, 3.05) is 6.54 Å². The lowest BCUT2D eigenvalue weighted by atomic mass is 10.2. The highest BCUT2D eigenvalue weighted by molar-refractivity contribution is 7.13. The molecule has 1 amide bonds. The summed E-state index contributed by atoms with van der Waals surface area (Å²) in [5.41, 5.74) is 2.09. The molecule has 1 aromatic carbocycles. The number of hydrogen-bond acceptors (Lipinski definition) is 5. The molecular weight excluding hydrogens is 364 g/mol. The minimum Gasteiger partial charge on any atom is -0.481 e. The molecule has 1 N–H and O–H groups in total. The molecule has 2 heterocycles. The summed E-state index contributed by atoms with van der Waals surface area (Å²) < 4.78 is 1.76. The summed E-state index contributed by atoms with van der Waals surface area (Å²) >= 11 is 1.36. The van der Waals surface area contributed by atoms with Crippen LogP contribution in [0.2, 0.25) is 0 Å². The summed E-state index contributed by atoms with van der Waals surface area (Å²) in [7, 11) is 0. The predicted octanol–water partition coefficient (Wildman–Crippen LogP) is 3.32. The summed E-state index contributed by atoms with van der Waals surface area (Å²) in [5, 5.41) is 15.6. The van der Waals surface area contributed by atoms with Crippen LogP contribution in [-0.4, -0.2) is 49.2 Å². The van der Waals surface area contributed by atoms with E-state index in [1.54, 1.807) is 16.3 Å². The van der Waals surface area contributed by atoms with E-state index in [1.165, 1.54) is 16.2 Å². The second kappa shape index (κ2) is 8.13. The summed E-state index contributed by atoms with van der Waals surface area (Å²) in [6.45, 7) is 3.87. The van der Waals surface area contributed by atoms with Gasteiger partial charge in [-0.15, -0.1) is 11.3 Å². The van der Waals surface area contributed by atoms with E-state index in [-0.39, 0.29) is 24.9 Å². The normalized spacial score (nSPS) is 10.9. The van der Waals surface area contributed by atoms with Crippen molar-refractivity contribution in [3.05, 3.63) is 53.8 Å². The number of para-hydroxylation sites is 1. The van der Waals surface area contributed by atoms with Crippen LogP contribution in [0, 0.1) is 0 Å². The van der Waals surface area contributed by atoms with E-state index in [9.17, 15) is 9.59 Å². The van der Waals surface area contributed by atoms with Gasteiger partial charge in [-0.1, -0.05) is 18.2 Å². The summed E-state index contributed by atoms with van der Waals surface area (Å²) in [6.07, 6.45) is 3.49. The molecule has 0 spiro atoms. The van der Waals surface area contributed by atoms with Crippen molar-refractivity contribution in [2.24, 2.45) is 0 Å². The van der Waals surface area contributed by atoms with E-state index < -0.39 is 5.97 Å². The Hall–Kier alpha value is -3.00. The van der Waals surface area contributed by atoms with Gasteiger partial charge in [-0.05, 0) is 26.0 Å². The molecule has 0 atom stereocenters. The molecule has 3 rings (SSSR count). The van der Waals surface area contributed by atoms with E-state index in [0.29, 0.717) is 10.7 Å². The second-order valence-corrected chi connectivity index (χ2v) is 7.14. The first-order valence-corrected chi connectivity index (χ1v) is 9.42. The highest BCUT2D eigenvalue weighted by Crippen LogP contribution is 2.25. The lowest BCUT2D eigenvalue weighted by Crippen LogP contribution is -2.38. The third kappa shape index (κ3) is 4.40. The first-order chi connectivity index (χ1) is 13.0. The van der Waals surface area contributed by atoms with Crippen LogP contribution in [0.15, 0.2) is 48.1 Å². The van der Waals surface area contributed by atoms with Gasteiger partial charge in [0.05, 0.1) is 18.3 Å². The first-order valence-electron chi connectivity index (χ1n) is 8.54. The van der Waals surface area contributed by atoms with Crippen LogP contribution in [0.1, 0.15) is 30.8 Å². The van der Waals surface area contributed by atoms with Crippen molar-refractivity contribution in [1.82, 2.24) is 19.7 Å². The fourth-order valence-corrected chi connectivity index (χ4v) is 3.39. The number of thiazole rings is 1. The van der Waals surface area contributed by atoms with Gasteiger partial charge in [-0.3, -0.25) is 9.59 Å². The van der Waals surface area contributed by atoms with Crippen molar-refractivity contribution in [1.29, 1.82) is 0 Å². The Bertz CT molecular complexity index is 933. The molecule has 3 aromatic rings. The van der Waals surface area contributed by atoms with Crippen LogP contribution in [-0.2, 0) is 4.79 Å². The maximum Gasteiger partial charge on any atom is 0.305 e. The highest BCUT2D eigenvalue weighted by Gasteiger charge is 2.22. The molecule has 0 aliphatic rings. The zero-order chi connectivity index (χ0) is 19.4. The molecule has 140 valence electrons. The SMILES string of the molecule is CC(C)N(CCC(=O)O)C(=O)c1csc(-c2cnn(-c3ccccc3)c2)n1. The van der Waals surface area contributed by atoms with Crippen molar-refractivity contribution in [3.8, 4) is 16.3 Å². The Labute approximate surface area is 160 Å². The minimum atomic E-state index is -0.930. The van der Waals surface area contributed by atoms with Crippen LogP contribution < -0.4 is 0 Å². The Kier molecular flexibility index (Phi) is 5.66. The van der Waals surface area contributed by atoms with Gasteiger partial charge in [0.1, 0.15) is 10.7 Å². The largest absolute Gasteiger partial charge is 0.481 e. The molecule has 0 radical (unpaired) electrons. The number of benzene rings is 1. The molecule has 7 nitrogen and oxygen atoms in total. The Morgan fingerprint density at radius 3 is 2.67 bits per heavy atom. The van der Waals surface area contributed by atoms with E-state index in [4.69, 9.17) is 5.11 Å². The van der Waals surface area contributed by atoms with Crippen LogP contribution in [0.5, 0.6) is 0 Å². The van der Waals surface area contributed by atoms with Gasteiger partial charge < -0.3 is 10.0 Å². The maximum atomic E-state index is 12.7. The van der Waals surface area contributed by atoms with Gasteiger partial charge in [0.25, 0.3) is 5.91 Å². The van der Waals surface area contributed by atoms with E-state index in [2.05, 4.69) is 10.1 Å². The van der Waals surface area contributed by atoms with Crippen molar-refractivity contribution >= 4 is 23.2 Å². The van der Waals surface area contributed by atoms with Gasteiger partial charge in [0.15, 0.2) is 0 Å². The number of carboxylic acids is 1. The van der Waals surface area contributed by atoms with Crippen molar-refractivity contribution in [2.45, 2.75) is 26.3 Å². The van der Waals surface area contributed by atoms with Crippen LogP contribution in [0.4, 0.5) is 0 Å². The van der Waals surface area contributed by atoms with Gasteiger partial charge in [-0.25, -0.2) is 9.67 Å². The second-order valence-electron chi connectivity index (χ2n) is 6.28. The predicted molar refractivity (Wildman–Crippen MR) is 103 cm³/mol. The zero-order valence-electron chi connectivity index (χ0n) is 15.1. The molecule has 0 saturated heterocycles. The van der Waals surface area contributed by atoms with Crippen LogP contribution in [0.25, 0.3) is 16.3 Å². The van der Waals surface area contributed by atoms with Crippen molar-refractivity contribution < 1.29 is 14.7 Å². The first kappa shape index (κ1) is 18.8. The summed E-state index contributed by atoms with van der Waals surface area (Å²) in [6, 6.07) is 9.62. The van der Waals surface area contributed by atoms with Crippen LogP contribution >= 0.6 is 11.3 Å². The number of carbonyl (C=O) groups excluding carboxylic acids is 1. The van der Waals surface area contributed by atoms with Crippen molar-refractivity contribution in [3.63, 3.8) is 0 Å². The number of rotatable bonds is 7. The fraction of sp³-hybridized carbons (Fsp3) is 0.263. The molecule has 0 aliphatic heterocycles. The number of aromatic nitrogens is 3. The molecule has 27 heavy (non-hydrogen) atoms. The third-order valence-electron chi connectivity index (χ3n) is 4.02. The number of hydrogen-bond donors (Lipinski definition) is 1. The number of nitrogens with zero attached hydrogens (tertiary/aromatic N) is 4. The average molecular weight is 384 g/mol. The monoisotopic (exact) mass is 384 g/mol. The van der Waals surface area contributed by atoms with Gasteiger partial charge in [0, 0.05) is 29.7 Å². The van der Waals surface area contributed by atoms with Gasteiger partial charge >= 0.3 is 5.97 Å². The van der Waals surface area contributed by atoms with Gasteiger partial charge in [0.2, 0.25) is 0 Å². The Morgan fingerprint density at radius 2 is 2.00 bits per heavy atom. The highest BCUT2D eigenvalue weighted by atomic mass is 32.1. The number of aliphatic carboxylic acids is 1. The third-order valence-corrected chi connectivity index (χ3v) is 4.92. The quantitative estimate of drug-likeness (QED) is 0.675.